The minimum absolute atomic E-state index is 0.179. The molecule has 112 valence electrons. The summed E-state index contributed by atoms with van der Waals surface area (Å²) in [5, 5.41) is 10.4. The molecule has 6 nitrogen and oxygen atoms in total. The molecule has 21 heavy (non-hydrogen) atoms. The van der Waals surface area contributed by atoms with E-state index < -0.39 is 0 Å². The van der Waals surface area contributed by atoms with Gasteiger partial charge in [-0.05, 0) is 25.0 Å². The van der Waals surface area contributed by atoms with Crippen LogP contribution in [0.5, 0.6) is 0 Å². The van der Waals surface area contributed by atoms with Crippen LogP contribution in [0.25, 0.3) is 11.0 Å². The van der Waals surface area contributed by atoms with Gasteiger partial charge in [0.1, 0.15) is 0 Å². The number of nitrogens with zero attached hydrogens (tertiary/aromatic N) is 4. The van der Waals surface area contributed by atoms with Crippen molar-refractivity contribution in [2.75, 3.05) is 42.8 Å². The average molecular weight is 287 g/mol. The van der Waals surface area contributed by atoms with Gasteiger partial charge in [-0.15, -0.1) is 0 Å². The van der Waals surface area contributed by atoms with Gasteiger partial charge in [0.2, 0.25) is 0 Å². The molecule has 0 spiro atoms. The zero-order valence-corrected chi connectivity index (χ0v) is 12.5. The predicted molar refractivity (Wildman–Crippen MR) is 85.7 cm³/mol. The van der Waals surface area contributed by atoms with Crippen LogP contribution >= 0.6 is 0 Å². The highest BCUT2D eigenvalue weighted by atomic mass is 16.3. The molecule has 0 aromatic carbocycles. The number of aromatic nitrogens is 2. The Kier molecular flexibility index (Phi) is 3.55. The van der Waals surface area contributed by atoms with E-state index in [1.165, 1.54) is 0 Å². The van der Waals surface area contributed by atoms with Crippen molar-refractivity contribution in [1.29, 1.82) is 0 Å². The second kappa shape index (κ2) is 5.37. The molecule has 0 saturated carbocycles. The highest BCUT2D eigenvalue weighted by molar-refractivity contribution is 5.85. The Morgan fingerprint density at radius 3 is 2.95 bits per heavy atom. The number of aliphatic hydroxyl groups excluding tert-OH is 1. The number of pyridine rings is 2. The first-order valence-corrected chi connectivity index (χ1v) is 7.21. The van der Waals surface area contributed by atoms with Crippen molar-refractivity contribution in [2.45, 2.75) is 18.9 Å². The summed E-state index contributed by atoms with van der Waals surface area (Å²) in [6.45, 7) is 1.13. The quantitative estimate of drug-likeness (QED) is 0.884. The van der Waals surface area contributed by atoms with Crippen LogP contribution in [-0.2, 0) is 0 Å². The number of hydrogen-bond acceptors (Lipinski definition) is 6. The van der Waals surface area contributed by atoms with Crippen LogP contribution in [0, 0.1) is 0 Å². The van der Waals surface area contributed by atoms with Gasteiger partial charge < -0.3 is 20.6 Å². The van der Waals surface area contributed by atoms with Gasteiger partial charge in [-0.2, -0.15) is 0 Å². The Bertz CT molecular complexity index is 658. The SMILES string of the molecule is CN(C)c1nc2ncc(N3CCCC3CO)cc2cc1N. The summed E-state index contributed by atoms with van der Waals surface area (Å²) < 4.78 is 0. The Morgan fingerprint density at radius 1 is 1.43 bits per heavy atom. The van der Waals surface area contributed by atoms with E-state index >= 15 is 0 Å². The molecule has 6 heteroatoms. The minimum atomic E-state index is 0.179. The fourth-order valence-corrected chi connectivity index (χ4v) is 2.94. The van der Waals surface area contributed by atoms with Crippen LogP contribution in [0.2, 0.25) is 0 Å². The molecule has 3 heterocycles. The van der Waals surface area contributed by atoms with Gasteiger partial charge in [-0.25, -0.2) is 9.97 Å². The fraction of sp³-hybridized carbons (Fsp3) is 0.467. The van der Waals surface area contributed by atoms with Crippen molar-refractivity contribution in [3.05, 3.63) is 18.3 Å². The third-order valence-electron chi connectivity index (χ3n) is 4.00. The molecule has 0 radical (unpaired) electrons. The van der Waals surface area contributed by atoms with E-state index in [1.807, 2.05) is 31.3 Å². The number of hydrogen-bond donors (Lipinski definition) is 2. The summed E-state index contributed by atoms with van der Waals surface area (Å²) in [6.07, 6.45) is 3.96. The van der Waals surface area contributed by atoms with Crippen LogP contribution < -0.4 is 15.5 Å². The van der Waals surface area contributed by atoms with Crippen LogP contribution in [0.1, 0.15) is 12.8 Å². The maximum Gasteiger partial charge on any atom is 0.161 e. The fourth-order valence-electron chi connectivity index (χ4n) is 2.94. The Labute approximate surface area is 124 Å². The Hall–Kier alpha value is -2.08. The highest BCUT2D eigenvalue weighted by Gasteiger charge is 2.24. The monoisotopic (exact) mass is 287 g/mol. The van der Waals surface area contributed by atoms with Crippen LogP contribution in [0.15, 0.2) is 18.3 Å². The summed E-state index contributed by atoms with van der Waals surface area (Å²) in [5.41, 5.74) is 8.42. The summed E-state index contributed by atoms with van der Waals surface area (Å²) in [5.74, 6) is 0.733. The molecule has 2 aromatic rings. The summed E-state index contributed by atoms with van der Waals surface area (Å²) in [6, 6.07) is 4.16. The first kappa shape index (κ1) is 13.9. The van der Waals surface area contributed by atoms with Gasteiger partial charge in [0.15, 0.2) is 11.5 Å². The molecule has 2 aromatic heterocycles. The number of anilines is 3. The topological polar surface area (TPSA) is 78.5 Å². The number of nitrogen functional groups attached to an aromatic ring is 1. The second-order valence-electron chi connectivity index (χ2n) is 5.71. The number of nitrogens with two attached hydrogens (primary N) is 1. The molecule has 0 amide bonds. The second-order valence-corrected chi connectivity index (χ2v) is 5.71. The van der Waals surface area contributed by atoms with Gasteiger partial charge in [-0.3, -0.25) is 0 Å². The average Bonchev–Trinajstić information content (AvgIpc) is 2.94. The Morgan fingerprint density at radius 2 is 2.24 bits per heavy atom. The first-order chi connectivity index (χ1) is 10.1. The van der Waals surface area contributed by atoms with Crippen molar-refractivity contribution < 1.29 is 5.11 Å². The van der Waals surface area contributed by atoms with Crippen molar-refractivity contribution in [3.8, 4) is 0 Å². The third kappa shape index (κ3) is 2.47. The zero-order valence-electron chi connectivity index (χ0n) is 12.5. The van der Waals surface area contributed by atoms with Gasteiger partial charge in [-0.1, -0.05) is 0 Å². The molecule has 1 unspecified atom stereocenters. The predicted octanol–water partition coefficient (Wildman–Crippen LogP) is 1.24. The lowest BCUT2D eigenvalue weighted by atomic mass is 10.2. The molecule has 1 fully saturated rings. The van der Waals surface area contributed by atoms with Crippen molar-refractivity contribution in [3.63, 3.8) is 0 Å². The lowest BCUT2D eigenvalue weighted by Crippen LogP contribution is -2.32. The minimum Gasteiger partial charge on any atom is -0.396 e. The van der Waals surface area contributed by atoms with Gasteiger partial charge in [0, 0.05) is 26.0 Å². The Balaban J connectivity index is 2.02. The zero-order chi connectivity index (χ0) is 15.0. The molecule has 0 aliphatic carbocycles. The molecule has 1 aliphatic rings. The lowest BCUT2D eigenvalue weighted by Gasteiger charge is -2.25. The van der Waals surface area contributed by atoms with Gasteiger partial charge >= 0.3 is 0 Å². The summed E-state index contributed by atoms with van der Waals surface area (Å²) in [4.78, 5) is 13.1. The van der Waals surface area contributed by atoms with E-state index in [0.29, 0.717) is 11.3 Å². The van der Waals surface area contributed by atoms with E-state index in [0.717, 1.165) is 36.3 Å². The van der Waals surface area contributed by atoms with Crippen molar-refractivity contribution in [2.24, 2.45) is 0 Å². The van der Waals surface area contributed by atoms with E-state index in [1.54, 1.807) is 0 Å². The maximum atomic E-state index is 9.45. The molecular weight excluding hydrogens is 266 g/mol. The third-order valence-corrected chi connectivity index (χ3v) is 4.00. The molecular formula is C15H21N5O. The van der Waals surface area contributed by atoms with Crippen molar-refractivity contribution in [1.82, 2.24) is 9.97 Å². The maximum absolute atomic E-state index is 9.45. The molecule has 3 N–H and O–H groups in total. The van der Waals surface area contributed by atoms with Crippen molar-refractivity contribution >= 4 is 28.2 Å². The van der Waals surface area contributed by atoms with Gasteiger partial charge in [0.05, 0.1) is 30.2 Å². The van der Waals surface area contributed by atoms with E-state index in [2.05, 4.69) is 20.9 Å². The smallest absolute Gasteiger partial charge is 0.161 e. The van der Waals surface area contributed by atoms with Crippen LogP contribution in [-0.4, -0.2) is 48.4 Å². The largest absolute Gasteiger partial charge is 0.396 e. The standard InChI is InChI=1S/C15H21N5O/c1-19(2)15-13(16)7-10-6-12(8-17-14(10)18-15)20-5-3-4-11(20)9-21/h6-8,11,21H,3-5,9,16H2,1-2H3. The van der Waals surface area contributed by atoms with E-state index in [9.17, 15) is 5.11 Å². The molecule has 1 aliphatic heterocycles. The number of fused-ring (bicyclic) bond motifs is 1. The summed E-state index contributed by atoms with van der Waals surface area (Å²) >= 11 is 0. The normalized spacial score (nSPS) is 18.4. The first-order valence-electron chi connectivity index (χ1n) is 7.21. The molecule has 1 atom stereocenters. The number of aliphatic hydroxyl groups is 1. The van der Waals surface area contributed by atoms with Gasteiger partial charge in [0.25, 0.3) is 0 Å². The van der Waals surface area contributed by atoms with E-state index in [4.69, 9.17) is 5.73 Å². The molecule has 0 bridgehead atoms. The summed E-state index contributed by atoms with van der Waals surface area (Å²) in [7, 11) is 3.82. The molecule has 3 rings (SSSR count). The lowest BCUT2D eigenvalue weighted by molar-refractivity contribution is 0.266. The van der Waals surface area contributed by atoms with E-state index in [-0.39, 0.29) is 12.6 Å². The van der Waals surface area contributed by atoms with Crippen LogP contribution in [0.4, 0.5) is 17.2 Å². The molecule has 1 saturated heterocycles. The van der Waals surface area contributed by atoms with Crippen LogP contribution in [0.3, 0.4) is 0 Å². The number of rotatable bonds is 3. The highest BCUT2D eigenvalue weighted by Crippen LogP contribution is 2.29.